The van der Waals surface area contributed by atoms with E-state index >= 15 is 0 Å². The number of methoxy groups -OCH3 is 1. The molecule has 11 heteroatoms. The topological polar surface area (TPSA) is 137 Å². The molecule has 1 saturated carbocycles. The highest BCUT2D eigenvalue weighted by atomic mass is 19.1. The van der Waals surface area contributed by atoms with Crippen LogP contribution in [-0.2, 0) is 4.79 Å². The highest BCUT2D eigenvalue weighted by Crippen LogP contribution is 2.40. The van der Waals surface area contributed by atoms with Crippen molar-refractivity contribution in [2.45, 2.75) is 38.3 Å². The highest BCUT2D eigenvalue weighted by molar-refractivity contribution is 6.10. The van der Waals surface area contributed by atoms with Crippen molar-refractivity contribution < 1.29 is 33.7 Å². The number of aromatic nitrogens is 2. The molecule has 38 heavy (non-hydrogen) atoms. The molecule has 202 valence electrons. The van der Waals surface area contributed by atoms with Gasteiger partial charge in [0.25, 0.3) is 5.91 Å². The summed E-state index contributed by atoms with van der Waals surface area (Å²) in [4.78, 5) is 34.2. The maximum atomic E-state index is 14.6. The number of nitrogens with one attached hydrogen (secondary N) is 2. The van der Waals surface area contributed by atoms with E-state index in [-0.39, 0.29) is 12.3 Å². The first-order chi connectivity index (χ1) is 18.3. The number of hydrogen-bond acceptors (Lipinski definition) is 7. The number of nitrogens with zero attached hydrogens (tertiary/aromatic N) is 2. The Balaban J connectivity index is 1.46. The summed E-state index contributed by atoms with van der Waals surface area (Å²) in [7, 11) is 1.40. The van der Waals surface area contributed by atoms with Gasteiger partial charge in [0.1, 0.15) is 17.9 Å². The summed E-state index contributed by atoms with van der Waals surface area (Å²) in [5.41, 5.74) is 3.21. The van der Waals surface area contributed by atoms with E-state index in [0.717, 1.165) is 12.8 Å². The average Bonchev–Trinajstić information content (AvgIpc) is 3.67. The van der Waals surface area contributed by atoms with E-state index in [1.807, 2.05) is 0 Å². The Morgan fingerprint density at radius 2 is 2.03 bits per heavy atom. The third kappa shape index (κ3) is 5.03. The van der Waals surface area contributed by atoms with E-state index in [2.05, 4.69) is 15.3 Å². The predicted octanol–water partition coefficient (Wildman–Crippen LogP) is 2.16. The lowest BCUT2D eigenvalue weighted by Gasteiger charge is -2.36. The summed E-state index contributed by atoms with van der Waals surface area (Å²) in [6, 6.07) is 4.11. The molecule has 0 radical (unpaired) electrons. The number of carbonyl (C=O) groups is 2. The van der Waals surface area contributed by atoms with E-state index in [4.69, 9.17) is 14.6 Å². The Labute approximate surface area is 218 Å². The predicted molar refractivity (Wildman–Crippen MR) is 137 cm³/mol. The van der Waals surface area contributed by atoms with Crippen molar-refractivity contribution in [2.75, 3.05) is 33.4 Å². The fraction of sp³-hybridized carbons (Fsp3) is 0.444. The molecule has 0 spiro atoms. The number of halogens is 1. The molecule has 1 saturated heterocycles. The van der Waals surface area contributed by atoms with Gasteiger partial charge in [-0.25, -0.2) is 4.39 Å². The van der Waals surface area contributed by atoms with Crippen molar-refractivity contribution in [2.24, 2.45) is 5.92 Å². The van der Waals surface area contributed by atoms with E-state index in [1.165, 1.54) is 18.1 Å². The molecule has 1 aliphatic heterocycles. The summed E-state index contributed by atoms with van der Waals surface area (Å²) in [5.74, 6) is -0.474. The van der Waals surface area contributed by atoms with Gasteiger partial charge in [0, 0.05) is 42.2 Å². The number of likely N-dealkylation sites (tertiary alicyclic amines) is 1. The van der Waals surface area contributed by atoms with Crippen LogP contribution in [0.2, 0.25) is 0 Å². The van der Waals surface area contributed by atoms with E-state index in [0.29, 0.717) is 64.7 Å². The Morgan fingerprint density at radius 1 is 1.24 bits per heavy atom. The van der Waals surface area contributed by atoms with Crippen LogP contribution >= 0.6 is 0 Å². The molecule has 0 unspecified atom stereocenters. The van der Waals surface area contributed by atoms with Gasteiger partial charge < -0.3 is 34.9 Å². The van der Waals surface area contributed by atoms with Crippen LogP contribution in [0.15, 0.2) is 24.4 Å². The number of aromatic amines is 1. The van der Waals surface area contributed by atoms with Crippen LogP contribution in [0.4, 0.5) is 4.39 Å². The lowest BCUT2D eigenvalue weighted by Crippen LogP contribution is -2.55. The van der Waals surface area contributed by atoms with Gasteiger partial charge in [-0.3, -0.25) is 14.6 Å². The lowest BCUT2D eigenvalue weighted by atomic mass is 10.0. The molecule has 2 aliphatic rings. The number of aliphatic hydroxyl groups excluding tert-OH is 2. The quantitative estimate of drug-likeness (QED) is 0.353. The second-order valence-electron chi connectivity index (χ2n) is 9.88. The average molecular weight is 527 g/mol. The van der Waals surface area contributed by atoms with Crippen LogP contribution in [0.25, 0.3) is 22.2 Å². The van der Waals surface area contributed by atoms with E-state index < -0.39 is 36.4 Å². The van der Waals surface area contributed by atoms with Crippen molar-refractivity contribution in [3.05, 3.63) is 41.5 Å². The van der Waals surface area contributed by atoms with E-state index in [1.54, 1.807) is 25.3 Å². The normalized spacial score (nSPS) is 19.4. The fourth-order valence-electron chi connectivity index (χ4n) is 4.89. The summed E-state index contributed by atoms with van der Waals surface area (Å²) in [6.45, 7) is 1.96. The second-order valence-corrected chi connectivity index (χ2v) is 9.88. The molecular formula is C27H31FN4O6. The standard InChI is InChI=1S/C27H31FN4O6/c1-14-24(27(36)31-19-6-8-32(11-20(19)34)23(35)12-33)26-25(30-14)16(5-7-29-26)17-9-22(37-2)18(28)10-21(17)38-13-15-3-4-15/h5,7,9-10,15,19-20,30,33-34H,3-4,6,8,11-13H2,1-2H3,(H,31,36)/t19-,20-/m1/s1. The first-order valence-corrected chi connectivity index (χ1v) is 12.7. The first kappa shape index (κ1) is 25.9. The maximum absolute atomic E-state index is 14.6. The number of hydrogen-bond donors (Lipinski definition) is 4. The molecule has 3 heterocycles. The molecule has 2 amide bonds. The van der Waals surface area contributed by atoms with Gasteiger partial charge in [0.15, 0.2) is 11.6 Å². The number of aryl methyl sites for hydroxylation is 1. The van der Waals surface area contributed by atoms with Crippen LogP contribution in [0.1, 0.15) is 35.3 Å². The summed E-state index contributed by atoms with van der Waals surface area (Å²) in [5, 5.41) is 22.5. The van der Waals surface area contributed by atoms with Gasteiger partial charge >= 0.3 is 0 Å². The van der Waals surface area contributed by atoms with Crippen LogP contribution in [0, 0.1) is 18.7 Å². The molecular weight excluding hydrogens is 495 g/mol. The molecule has 4 N–H and O–H groups in total. The molecule has 2 atom stereocenters. The van der Waals surface area contributed by atoms with Gasteiger partial charge in [-0.1, -0.05) is 0 Å². The number of amides is 2. The minimum absolute atomic E-state index is 0.0235. The Morgan fingerprint density at radius 3 is 2.71 bits per heavy atom. The number of aliphatic hydroxyl groups is 2. The van der Waals surface area contributed by atoms with E-state index in [9.17, 15) is 19.1 Å². The summed E-state index contributed by atoms with van der Waals surface area (Å²) < 4.78 is 25.8. The second kappa shape index (κ2) is 10.6. The number of benzene rings is 1. The molecule has 1 aromatic carbocycles. The molecule has 2 aromatic heterocycles. The maximum Gasteiger partial charge on any atom is 0.255 e. The van der Waals surface area contributed by atoms with Crippen LogP contribution in [0.3, 0.4) is 0 Å². The van der Waals surface area contributed by atoms with Gasteiger partial charge in [0.05, 0.1) is 36.9 Å². The number of H-pyrrole nitrogens is 1. The Bertz CT molecular complexity index is 1370. The summed E-state index contributed by atoms with van der Waals surface area (Å²) in [6.07, 6.45) is 3.13. The lowest BCUT2D eigenvalue weighted by molar-refractivity contribution is -0.137. The smallest absolute Gasteiger partial charge is 0.255 e. The molecule has 1 aliphatic carbocycles. The number of β-amino-alcohol motifs (C(OH)–C–C–N with tert-alkyl or cyclic N) is 1. The van der Waals surface area contributed by atoms with Crippen LogP contribution in [-0.4, -0.2) is 82.5 Å². The molecule has 5 rings (SSSR count). The van der Waals surface area contributed by atoms with Gasteiger partial charge in [-0.05, 0) is 44.2 Å². The largest absolute Gasteiger partial charge is 0.494 e. The zero-order chi connectivity index (χ0) is 27.0. The number of fused-ring (bicyclic) bond motifs is 1. The Hall–Kier alpha value is -3.70. The summed E-state index contributed by atoms with van der Waals surface area (Å²) >= 11 is 0. The highest BCUT2D eigenvalue weighted by Gasteiger charge is 2.32. The number of ether oxygens (including phenoxy) is 2. The van der Waals surface area contributed by atoms with Crippen molar-refractivity contribution in [1.29, 1.82) is 0 Å². The Kier molecular flexibility index (Phi) is 7.22. The molecule has 3 aromatic rings. The molecule has 2 fully saturated rings. The van der Waals surface area contributed by atoms with Gasteiger partial charge in [0.2, 0.25) is 5.91 Å². The van der Waals surface area contributed by atoms with Crippen molar-refractivity contribution in [1.82, 2.24) is 20.2 Å². The SMILES string of the molecule is COc1cc(-c2ccnc3c(C(=O)N[C@@H]4CCN(C(=O)CO)C[C@H]4O)c(C)[nH]c23)c(OCC2CC2)cc1F. The molecule has 0 bridgehead atoms. The van der Waals surface area contributed by atoms with Crippen molar-refractivity contribution in [3.63, 3.8) is 0 Å². The monoisotopic (exact) mass is 526 g/mol. The zero-order valence-electron chi connectivity index (χ0n) is 21.3. The minimum atomic E-state index is -0.977. The third-order valence-electron chi connectivity index (χ3n) is 7.20. The number of pyridine rings is 1. The van der Waals surface area contributed by atoms with Crippen LogP contribution < -0.4 is 14.8 Å². The van der Waals surface area contributed by atoms with Crippen molar-refractivity contribution in [3.8, 4) is 22.6 Å². The number of rotatable bonds is 8. The third-order valence-corrected chi connectivity index (χ3v) is 7.20. The van der Waals surface area contributed by atoms with Crippen molar-refractivity contribution >= 4 is 22.8 Å². The fourth-order valence-corrected chi connectivity index (χ4v) is 4.89. The minimum Gasteiger partial charge on any atom is -0.494 e. The van der Waals surface area contributed by atoms with Gasteiger partial charge in [-0.2, -0.15) is 0 Å². The number of piperidine rings is 1. The van der Waals surface area contributed by atoms with Crippen LogP contribution in [0.5, 0.6) is 11.5 Å². The number of carbonyl (C=O) groups excluding carboxylic acids is 2. The van der Waals surface area contributed by atoms with Gasteiger partial charge in [-0.15, -0.1) is 0 Å². The first-order valence-electron chi connectivity index (χ1n) is 12.7. The molecule has 10 nitrogen and oxygen atoms in total. The zero-order valence-corrected chi connectivity index (χ0v) is 21.3.